The van der Waals surface area contributed by atoms with Crippen LogP contribution in [0.25, 0.3) is 0 Å². The van der Waals surface area contributed by atoms with Crippen LogP contribution in [0.3, 0.4) is 0 Å². The van der Waals surface area contributed by atoms with Gasteiger partial charge in [-0.15, -0.1) is 0 Å². The van der Waals surface area contributed by atoms with Crippen molar-refractivity contribution in [2.45, 2.75) is 51.0 Å². The maximum atomic E-state index is 12.3. The molecule has 1 amide bonds. The van der Waals surface area contributed by atoms with Crippen LogP contribution in [0.15, 0.2) is 0 Å². The summed E-state index contributed by atoms with van der Waals surface area (Å²) in [6, 6.07) is 0.570. The van der Waals surface area contributed by atoms with Gasteiger partial charge in [-0.1, -0.05) is 0 Å². The molecule has 2 saturated heterocycles. The molecule has 2 fully saturated rings. The third-order valence-corrected chi connectivity index (χ3v) is 5.49. The van der Waals surface area contributed by atoms with Gasteiger partial charge in [0.05, 0.1) is 12.2 Å². The molecule has 21 heavy (non-hydrogen) atoms. The molecule has 0 spiro atoms. The highest BCUT2D eigenvalue weighted by Gasteiger charge is 2.37. The summed E-state index contributed by atoms with van der Waals surface area (Å²) >= 11 is 0. The zero-order valence-corrected chi connectivity index (χ0v) is 12.8. The van der Waals surface area contributed by atoms with E-state index in [0.717, 1.165) is 32.5 Å². The number of aromatic nitrogens is 2. The molecule has 3 aliphatic rings. The number of rotatable bonds is 3. The quantitative estimate of drug-likeness (QED) is 0.912. The standard InChI is InChI=1S/C16H24N4O/c1-11-4-3-7-19(11)10-15(21)20-8-12(9-20)16-13-5-2-6-14(13)17-18-16/h11-12H,2-10H2,1H3,(H,17,18). The highest BCUT2D eigenvalue weighted by molar-refractivity contribution is 5.79. The summed E-state index contributed by atoms with van der Waals surface area (Å²) in [5.41, 5.74) is 4.02. The highest BCUT2D eigenvalue weighted by Crippen LogP contribution is 2.33. The molecule has 1 unspecified atom stereocenters. The molecule has 0 aromatic carbocycles. The van der Waals surface area contributed by atoms with E-state index in [1.165, 1.54) is 36.2 Å². The molecule has 4 rings (SSSR count). The second-order valence-corrected chi connectivity index (χ2v) is 6.88. The second kappa shape index (κ2) is 5.13. The van der Waals surface area contributed by atoms with Crippen LogP contribution >= 0.6 is 0 Å². The topological polar surface area (TPSA) is 52.2 Å². The van der Waals surface area contributed by atoms with Crippen molar-refractivity contribution in [2.75, 3.05) is 26.2 Å². The average molecular weight is 288 g/mol. The monoisotopic (exact) mass is 288 g/mol. The molecule has 0 saturated carbocycles. The van der Waals surface area contributed by atoms with E-state index in [4.69, 9.17) is 0 Å². The molecule has 114 valence electrons. The Hall–Kier alpha value is -1.36. The Bertz CT molecular complexity index is 546. The molecule has 1 N–H and O–H groups in total. The van der Waals surface area contributed by atoms with Crippen LogP contribution in [-0.2, 0) is 17.6 Å². The molecule has 3 heterocycles. The van der Waals surface area contributed by atoms with Crippen LogP contribution in [0.5, 0.6) is 0 Å². The van der Waals surface area contributed by atoms with E-state index < -0.39 is 0 Å². The smallest absolute Gasteiger partial charge is 0.236 e. The Morgan fingerprint density at radius 3 is 2.95 bits per heavy atom. The number of H-pyrrole nitrogens is 1. The fourth-order valence-corrected chi connectivity index (χ4v) is 4.04. The largest absolute Gasteiger partial charge is 0.340 e. The highest BCUT2D eigenvalue weighted by atomic mass is 16.2. The van der Waals surface area contributed by atoms with Crippen molar-refractivity contribution in [3.05, 3.63) is 17.0 Å². The number of hydrogen-bond donors (Lipinski definition) is 1. The van der Waals surface area contributed by atoms with Gasteiger partial charge in [0, 0.05) is 30.7 Å². The van der Waals surface area contributed by atoms with Crippen molar-refractivity contribution in [3.8, 4) is 0 Å². The number of nitrogens with one attached hydrogen (secondary N) is 1. The third-order valence-electron chi connectivity index (χ3n) is 5.49. The van der Waals surface area contributed by atoms with Gasteiger partial charge in [0.1, 0.15) is 0 Å². The van der Waals surface area contributed by atoms with E-state index >= 15 is 0 Å². The molecule has 5 heteroatoms. The lowest BCUT2D eigenvalue weighted by Gasteiger charge is -2.40. The summed E-state index contributed by atoms with van der Waals surface area (Å²) in [4.78, 5) is 16.7. The predicted octanol–water partition coefficient (Wildman–Crippen LogP) is 1.31. The van der Waals surface area contributed by atoms with Crippen LogP contribution in [0.4, 0.5) is 0 Å². The van der Waals surface area contributed by atoms with Crippen molar-refractivity contribution in [2.24, 2.45) is 0 Å². The van der Waals surface area contributed by atoms with E-state index in [9.17, 15) is 4.79 Å². The van der Waals surface area contributed by atoms with Crippen LogP contribution < -0.4 is 0 Å². The van der Waals surface area contributed by atoms with E-state index in [1.54, 1.807) is 0 Å². The molecule has 1 aromatic heterocycles. The predicted molar refractivity (Wildman–Crippen MR) is 80.2 cm³/mol. The van der Waals surface area contributed by atoms with Crippen LogP contribution in [0, 0.1) is 0 Å². The third kappa shape index (κ3) is 2.27. The molecular weight excluding hydrogens is 264 g/mol. The van der Waals surface area contributed by atoms with Crippen LogP contribution in [0.2, 0.25) is 0 Å². The number of aryl methyl sites for hydroxylation is 1. The number of amides is 1. The van der Waals surface area contributed by atoms with Gasteiger partial charge >= 0.3 is 0 Å². The molecule has 2 aliphatic heterocycles. The summed E-state index contributed by atoms with van der Waals surface area (Å²) in [6.07, 6.45) is 6.02. The van der Waals surface area contributed by atoms with Gasteiger partial charge in [-0.3, -0.25) is 14.8 Å². The van der Waals surface area contributed by atoms with Crippen molar-refractivity contribution < 1.29 is 4.79 Å². The fourth-order valence-electron chi connectivity index (χ4n) is 4.04. The van der Waals surface area contributed by atoms with Crippen molar-refractivity contribution in [3.63, 3.8) is 0 Å². The van der Waals surface area contributed by atoms with Crippen LogP contribution in [0.1, 0.15) is 49.1 Å². The van der Waals surface area contributed by atoms with E-state index in [1.807, 2.05) is 4.90 Å². The molecule has 1 aromatic rings. The van der Waals surface area contributed by atoms with Crippen molar-refractivity contribution in [1.82, 2.24) is 20.0 Å². The van der Waals surface area contributed by atoms with Gasteiger partial charge in [0.25, 0.3) is 0 Å². The normalized spacial score (nSPS) is 26.1. The summed E-state index contributed by atoms with van der Waals surface area (Å²) < 4.78 is 0. The first-order chi connectivity index (χ1) is 10.2. The maximum Gasteiger partial charge on any atom is 0.236 e. The first-order valence-corrected chi connectivity index (χ1v) is 8.30. The number of fused-ring (bicyclic) bond motifs is 1. The Balaban J connectivity index is 1.33. The van der Waals surface area contributed by atoms with Crippen molar-refractivity contribution in [1.29, 1.82) is 0 Å². The lowest BCUT2D eigenvalue weighted by Crippen LogP contribution is -2.52. The Labute approximate surface area is 125 Å². The number of carbonyl (C=O) groups excluding carboxylic acids is 1. The lowest BCUT2D eigenvalue weighted by molar-refractivity contribution is -0.137. The summed E-state index contributed by atoms with van der Waals surface area (Å²) in [5.74, 6) is 0.759. The number of likely N-dealkylation sites (tertiary alicyclic amines) is 2. The first kappa shape index (κ1) is 13.3. The van der Waals surface area contributed by atoms with Gasteiger partial charge in [-0.25, -0.2) is 0 Å². The first-order valence-electron chi connectivity index (χ1n) is 8.30. The molecule has 1 atom stereocenters. The van der Waals surface area contributed by atoms with Crippen LogP contribution in [-0.4, -0.2) is 58.1 Å². The zero-order valence-electron chi connectivity index (χ0n) is 12.8. The number of carbonyl (C=O) groups is 1. The Morgan fingerprint density at radius 2 is 2.19 bits per heavy atom. The molecule has 1 aliphatic carbocycles. The number of aromatic amines is 1. The molecule has 0 radical (unpaired) electrons. The summed E-state index contributed by atoms with van der Waals surface area (Å²) in [5, 5.41) is 7.68. The van der Waals surface area contributed by atoms with Crippen molar-refractivity contribution >= 4 is 5.91 Å². The lowest BCUT2D eigenvalue weighted by atomic mass is 9.93. The molecular formula is C16H24N4O. The minimum Gasteiger partial charge on any atom is -0.340 e. The fraction of sp³-hybridized carbons (Fsp3) is 0.750. The van der Waals surface area contributed by atoms with Gasteiger partial charge in [-0.05, 0) is 51.1 Å². The average Bonchev–Trinajstić information content (AvgIpc) is 3.07. The molecule has 0 bridgehead atoms. The Morgan fingerprint density at radius 1 is 1.33 bits per heavy atom. The zero-order chi connectivity index (χ0) is 14.4. The number of hydrogen-bond acceptors (Lipinski definition) is 3. The van der Waals surface area contributed by atoms with Gasteiger partial charge in [0.2, 0.25) is 5.91 Å². The summed E-state index contributed by atoms with van der Waals surface area (Å²) in [6.45, 7) is 5.63. The maximum absolute atomic E-state index is 12.3. The summed E-state index contributed by atoms with van der Waals surface area (Å²) in [7, 11) is 0. The SMILES string of the molecule is CC1CCCN1CC(=O)N1CC(c2n[nH]c3c2CCC3)C1. The number of nitrogens with zero attached hydrogens (tertiary/aromatic N) is 3. The van der Waals surface area contributed by atoms with E-state index in [-0.39, 0.29) is 0 Å². The van der Waals surface area contributed by atoms with Gasteiger partial charge in [0.15, 0.2) is 0 Å². The second-order valence-electron chi connectivity index (χ2n) is 6.88. The minimum absolute atomic E-state index is 0.298. The minimum atomic E-state index is 0.298. The van der Waals surface area contributed by atoms with E-state index in [0.29, 0.717) is 24.4 Å². The van der Waals surface area contributed by atoms with Gasteiger partial charge in [-0.2, -0.15) is 5.10 Å². The van der Waals surface area contributed by atoms with E-state index in [2.05, 4.69) is 22.0 Å². The Kier molecular flexibility index (Phi) is 3.25. The molecule has 5 nitrogen and oxygen atoms in total. The van der Waals surface area contributed by atoms with Gasteiger partial charge < -0.3 is 4.90 Å².